The van der Waals surface area contributed by atoms with Crippen molar-refractivity contribution >= 4 is 44.5 Å². The first kappa shape index (κ1) is 16.8. The molecule has 9 nitrogen and oxygen atoms in total. The Morgan fingerprint density at radius 2 is 1.93 bits per heavy atom. The molecule has 0 fully saturated rings. The summed E-state index contributed by atoms with van der Waals surface area (Å²) in [7, 11) is 0. The standard InChI is InChI=1S/C17H12N6O3S/c1-9-3-2-4-12-13(9)21-17(27-12)23-15(25)11-8-26-16(20-11)22-14(24)10-7-18-5-6-19-10/h2-8H,1H3,(H,20,22,24)(H,21,23,25). The Bertz CT molecular complexity index is 1140. The van der Waals surface area contributed by atoms with Crippen molar-refractivity contribution in [1.82, 2.24) is 19.9 Å². The third kappa shape index (κ3) is 3.51. The van der Waals surface area contributed by atoms with Crippen LogP contribution in [-0.2, 0) is 0 Å². The number of nitrogens with one attached hydrogen (secondary N) is 2. The van der Waals surface area contributed by atoms with Gasteiger partial charge < -0.3 is 4.42 Å². The van der Waals surface area contributed by atoms with Gasteiger partial charge >= 0.3 is 6.01 Å². The minimum atomic E-state index is -0.543. The third-order valence-electron chi connectivity index (χ3n) is 3.59. The number of anilines is 2. The third-order valence-corrected chi connectivity index (χ3v) is 4.53. The molecule has 3 aromatic heterocycles. The first-order valence-corrected chi connectivity index (χ1v) is 8.62. The SMILES string of the molecule is Cc1cccc2sc(NC(=O)c3coc(NC(=O)c4cnccn4)n3)nc12. The van der Waals surface area contributed by atoms with E-state index in [0.717, 1.165) is 22.0 Å². The highest BCUT2D eigenvalue weighted by atomic mass is 32.1. The number of hydrogen-bond donors (Lipinski definition) is 2. The van der Waals surface area contributed by atoms with E-state index in [1.54, 1.807) is 0 Å². The number of rotatable bonds is 4. The van der Waals surface area contributed by atoms with E-state index in [1.165, 1.54) is 29.9 Å². The van der Waals surface area contributed by atoms with Gasteiger partial charge in [0.15, 0.2) is 10.8 Å². The van der Waals surface area contributed by atoms with Crippen molar-refractivity contribution in [2.24, 2.45) is 0 Å². The molecule has 10 heteroatoms. The molecule has 1 aromatic carbocycles. The largest absolute Gasteiger partial charge is 0.431 e. The van der Waals surface area contributed by atoms with Gasteiger partial charge in [0, 0.05) is 12.4 Å². The number of nitrogens with zero attached hydrogens (tertiary/aromatic N) is 4. The van der Waals surface area contributed by atoms with Gasteiger partial charge in [0.05, 0.1) is 16.4 Å². The average Bonchev–Trinajstić information content (AvgIpc) is 3.30. The predicted molar refractivity (Wildman–Crippen MR) is 98.8 cm³/mol. The van der Waals surface area contributed by atoms with Crippen LogP contribution in [0.3, 0.4) is 0 Å². The van der Waals surface area contributed by atoms with Crippen LogP contribution in [0.25, 0.3) is 10.2 Å². The monoisotopic (exact) mass is 380 g/mol. The average molecular weight is 380 g/mol. The Balaban J connectivity index is 1.46. The first-order chi connectivity index (χ1) is 13.1. The molecule has 0 aliphatic heterocycles. The predicted octanol–water partition coefficient (Wildman–Crippen LogP) is 2.89. The zero-order valence-electron chi connectivity index (χ0n) is 14.0. The lowest BCUT2D eigenvalue weighted by Gasteiger charge is -1.98. The smallest absolute Gasteiger partial charge is 0.302 e. The molecule has 0 spiro atoms. The molecule has 2 N–H and O–H groups in total. The zero-order valence-corrected chi connectivity index (χ0v) is 14.8. The minimum Gasteiger partial charge on any atom is -0.431 e. The van der Waals surface area contributed by atoms with Crippen LogP contribution in [-0.4, -0.2) is 31.8 Å². The van der Waals surface area contributed by atoms with Crippen LogP contribution in [0, 0.1) is 6.92 Å². The summed E-state index contributed by atoms with van der Waals surface area (Å²) in [6.45, 7) is 1.96. The maximum atomic E-state index is 12.3. The van der Waals surface area contributed by atoms with Gasteiger partial charge in [-0.2, -0.15) is 4.98 Å². The molecular weight excluding hydrogens is 368 g/mol. The normalized spacial score (nSPS) is 10.7. The fraction of sp³-hybridized carbons (Fsp3) is 0.0588. The molecule has 0 aliphatic rings. The molecular formula is C17H12N6O3S. The number of para-hydroxylation sites is 1. The second-order valence-electron chi connectivity index (χ2n) is 5.48. The first-order valence-electron chi connectivity index (χ1n) is 7.80. The summed E-state index contributed by atoms with van der Waals surface area (Å²) >= 11 is 1.36. The molecule has 3 heterocycles. The van der Waals surface area contributed by atoms with E-state index in [4.69, 9.17) is 4.42 Å². The Hall–Kier alpha value is -3.66. The van der Waals surface area contributed by atoms with Crippen molar-refractivity contribution in [2.75, 3.05) is 10.6 Å². The number of aryl methyl sites for hydroxylation is 1. The molecule has 0 radical (unpaired) electrons. The topological polar surface area (TPSA) is 123 Å². The van der Waals surface area contributed by atoms with Crippen molar-refractivity contribution in [2.45, 2.75) is 6.92 Å². The van der Waals surface area contributed by atoms with Crippen LogP contribution < -0.4 is 10.6 Å². The van der Waals surface area contributed by atoms with Crippen molar-refractivity contribution < 1.29 is 14.0 Å². The molecule has 27 heavy (non-hydrogen) atoms. The van der Waals surface area contributed by atoms with Gasteiger partial charge in [0.2, 0.25) is 0 Å². The second kappa shape index (κ2) is 6.92. The number of hydrogen-bond acceptors (Lipinski definition) is 8. The highest BCUT2D eigenvalue weighted by molar-refractivity contribution is 7.22. The van der Waals surface area contributed by atoms with E-state index in [2.05, 4.69) is 30.6 Å². The van der Waals surface area contributed by atoms with Gasteiger partial charge in [-0.15, -0.1) is 0 Å². The lowest BCUT2D eigenvalue weighted by atomic mass is 10.2. The number of carbonyl (C=O) groups excluding carboxylic acids is 2. The number of oxazole rings is 1. The van der Waals surface area contributed by atoms with Crippen LogP contribution >= 0.6 is 11.3 Å². The summed E-state index contributed by atoms with van der Waals surface area (Å²) in [5.41, 5.74) is 1.99. The van der Waals surface area contributed by atoms with Gasteiger partial charge in [-0.05, 0) is 18.6 Å². The summed E-state index contributed by atoms with van der Waals surface area (Å²) in [5, 5.41) is 5.55. The van der Waals surface area contributed by atoms with E-state index >= 15 is 0 Å². The van der Waals surface area contributed by atoms with E-state index in [9.17, 15) is 9.59 Å². The molecule has 134 valence electrons. The maximum Gasteiger partial charge on any atom is 0.302 e. The van der Waals surface area contributed by atoms with Crippen LogP contribution in [0.2, 0.25) is 0 Å². The summed E-state index contributed by atoms with van der Waals surface area (Å²) in [6, 6.07) is 5.71. The summed E-state index contributed by atoms with van der Waals surface area (Å²) in [5.74, 6) is -1.03. The molecule has 4 rings (SSSR count). The highest BCUT2D eigenvalue weighted by Crippen LogP contribution is 2.28. The number of amides is 2. The second-order valence-corrected chi connectivity index (χ2v) is 6.51. The van der Waals surface area contributed by atoms with Crippen molar-refractivity contribution in [3.63, 3.8) is 0 Å². The molecule has 0 unspecified atom stereocenters. The Kier molecular flexibility index (Phi) is 4.30. The van der Waals surface area contributed by atoms with E-state index in [-0.39, 0.29) is 17.4 Å². The molecule has 4 aromatic rings. The van der Waals surface area contributed by atoms with E-state index < -0.39 is 11.8 Å². The summed E-state index contributed by atoms with van der Waals surface area (Å²) < 4.78 is 6.10. The van der Waals surface area contributed by atoms with Crippen LogP contribution in [0.5, 0.6) is 0 Å². The number of carbonyl (C=O) groups is 2. The molecule has 2 amide bonds. The maximum absolute atomic E-state index is 12.3. The molecule has 0 saturated heterocycles. The van der Waals surface area contributed by atoms with Gasteiger partial charge in [-0.1, -0.05) is 23.5 Å². The number of thiazole rings is 1. The zero-order chi connectivity index (χ0) is 18.8. The number of fused-ring (bicyclic) bond motifs is 1. The Labute approximate surface area is 156 Å². The van der Waals surface area contributed by atoms with Gasteiger partial charge in [-0.25, -0.2) is 9.97 Å². The van der Waals surface area contributed by atoms with Crippen LogP contribution in [0.15, 0.2) is 47.5 Å². The van der Waals surface area contributed by atoms with Crippen molar-refractivity contribution in [3.05, 3.63) is 60.0 Å². The molecule has 0 atom stereocenters. The molecule has 0 saturated carbocycles. The minimum absolute atomic E-state index is 0.0143. The van der Waals surface area contributed by atoms with Gasteiger partial charge in [0.1, 0.15) is 12.0 Å². The van der Waals surface area contributed by atoms with Crippen LogP contribution in [0.1, 0.15) is 26.5 Å². The Morgan fingerprint density at radius 1 is 1.07 bits per heavy atom. The molecule has 0 aliphatic carbocycles. The summed E-state index contributed by atoms with van der Waals surface area (Å²) in [6.07, 6.45) is 5.30. The summed E-state index contributed by atoms with van der Waals surface area (Å²) in [4.78, 5) is 40.4. The number of aromatic nitrogens is 4. The quantitative estimate of drug-likeness (QED) is 0.558. The van der Waals surface area contributed by atoms with Gasteiger partial charge in [-0.3, -0.25) is 25.2 Å². The number of benzene rings is 1. The van der Waals surface area contributed by atoms with Crippen molar-refractivity contribution in [3.8, 4) is 0 Å². The van der Waals surface area contributed by atoms with Gasteiger partial charge in [0.25, 0.3) is 11.8 Å². The Morgan fingerprint density at radius 3 is 2.70 bits per heavy atom. The lowest BCUT2D eigenvalue weighted by Crippen LogP contribution is -2.15. The van der Waals surface area contributed by atoms with E-state index in [1.807, 2.05) is 25.1 Å². The molecule has 0 bridgehead atoms. The highest BCUT2D eigenvalue weighted by Gasteiger charge is 2.17. The van der Waals surface area contributed by atoms with Crippen molar-refractivity contribution in [1.29, 1.82) is 0 Å². The lowest BCUT2D eigenvalue weighted by molar-refractivity contribution is 0.101. The fourth-order valence-corrected chi connectivity index (χ4v) is 3.25. The fourth-order valence-electron chi connectivity index (χ4n) is 2.31. The van der Waals surface area contributed by atoms with E-state index in [0.29, 0.717) is 5.13 Å². The van der Waals surface area contributed by atoms with Crippen LogP contribution in [0.4, 0.5) is 11.1 Å².